The van der Waals surface area contributed by atoms with E-state index in [1.54, 1.807) is 12.1 Å². The number of H-pyrrole nitrogens is 1. The average Bonchev–Trinajstić information content (AvgIpc) is 1.62. The first-order valence-electron chi connectivity index (χ1n) is 25.6. The molecule has 0 saturated carbocycles. The van der Waals surface area contributed by atoms with E-state index in [4.69, 9.17) is 9.63 Å². The Labute approximate surface area is 551 Å². The number of hydrogen-bond acceptors (Lipinski definition) is 22. The van der Waals surface area contributed by atoms with Crippen molar-refractivity contribution < 1.29 is 172 Å². The Morgan fingerprint density at radius 3 is 2.05 bits per heavy atom. The van der Waals surface area contributed by atoms with Gasteiger partial charge in [0.1, 0.15) is 45.2 Å². The van der Waals surface area contributed by atoms with Gasteiger partial charge in [-0.1, -0.05) is 56.8 Å². The summed E-state index contributed by atoms with van der Waals surface area (Å²) in [6.07, 6.45) is 9.63. The maximum Gasteiger partial charge on any atom is 1.00 e. The van der Waals surface area contributed by atoms with Crippen LogP contribution in [0.1, 0.15) is 108 Å². The fourth-order valence-electron chi connectivity index (χ4n) is 9.66. The molecule has 2 aromatic carbocycles. The van der Waals surface area contributed by atoms with Crippen molar-refractivity contribution in [2.75, 3.05) is 38.2 Å². The number of ether oxygens (including phenoxy) is 1. The zero-order chi connectivity index (χ0) is 61.5. The fourth-order valence-corrected chi connectivity index (χ4v) is 13.6. The molecule has 1 fully saturated rings. The summed E-state index contributed by atoms with van der Waals surface area (Å²) in [6.45, 7) is 7.38. The molecule has 3 aliphatic heterocycles. The summed E-state index contributed by atoms with van der Waals surface area (Å²) in [7, 11) is -25.6. The Morgan fingerprint density at radius 1 is 0.828 bits per heavy atom. The number of aromatic amines is 1. The second-order valence-corrected chi connectivity index (χ2v) is 27.5. The number of anilines is 1. The minimum Gasteiger partial charge on any atom is -0.756 e. The number of carbonyl (C=O) groups is 2. The minimum absolute atomic E-state index is 0. The molecule has 3 aliphatic rings. The summed E-state index contributed by atoms with van der Waals surface area (Å²) < 4.78 is 125. The number of unbranched alkanes of at least 4 members (excludes halogenated alkanes) is 4. The molecule has 0 radical (unpaired) electrons. The van der Waals surface area contributed by atoms with Crippen LogP contribution in [-0.2, 0) is 72.2 Å². The van der Waals surface area contributed by atoms with Gasteiger partial charge in [-0.05, 0) is 81.5 Å². The van der Waals surface area contributed by atoms with Crippen LogP contribution in [0.5, 0.6) is 0 Å². The number of benzene rings is 2. The third-order valence-corrected chi connectivity index (χ3v) is 19.1. The number of nitrogens with one attached hydrogen (secondary N) is 3. The number of aromatic nitrogens is 2. The second kappa shape index (κ2) is 32.9. The van der Waals surface area contributed by atoms with E-state index in [9.17, 15) is 78.6 Å². The topological polar surface area (TPSA) is 431 Å². The maximum absolute atomic E-state index is 12.7. The molecule has 3 unspecified atom stereocenters. The Kier molecular flexibility index (Phi) is 30.2. The molecule has 6 atom stereocenters. The molecule has 4 heterocycles. The molecule has 6 rings (SSSR count). The van der Waals surface area contributed by atoms with E-state index < -0.39 is 90.8 Å². The van der Waals surface area contributed by atoms with Crippen LogP contribution in [0.4, 0.5) is 11.4 Å². The van der Waals surface area contributed by atoms with Crippen molar-refractivity contribution in [2.24, 2.45) is 0 Å². The Bertz CT molecular complexity index is 3710. The van der Waals surface area contributed by atoms with Crippen LogP contribution < -0.4 is 117 Å². The molecule has 0 aliphatic carbocycles. The summed E-state index contributed by atoms with van der Waals surface area (Å²) in [5.41, 5.74) is 1.11. The standard InChI is InChI=1S/C50H65N6O22P3S2.4Li/c1-49(2)36-28-34(82(69,70)71)21-23-38(36)54(5)42(49)17-9-6-10-18-43-50(3,4)37-29-35(83(72,73)74)22-24-39(37)55(43)27-14-8-12-20-44(58)51-25-13-7-11-19-45(59)52-26-15-16-33-31-56(48(61)53-47(33)60)46-30-40(57)41(76-46)32-75-80(65,66)78-81(67,68)77-79(62,63)64;;;;/h6,9-10,17-18,21-24,28-29,31,40-41,46,57H,7-8,11-14,19-20,25-27,30,32H2,1-5H3,(H8-,51,52,53,58,59,60,61,62,63,64,65,66,67,68,69,70,71,72,73,74);;;;/q;4*+1/p-4/t40-,41-,46-;;;;/m1..../s1. The van der Waals surface area contributed by atoms with Crippen molar-refractivity contribution >= 4 is 72.6 Å². The molecule has 5 N–H and O–H groups in total. The number of phosphoric acid groups is 3. The van der Waals surface area contributed by atoms with Crippen molar-refractivity contribution in [2.45, 2.75) is 125 Å². The summed E-state index contributed by atoms with van der Waals surface area (Å²) >= 11 is 0. The van der Waals surface area contributed by atoms with Crippen molar-refractivity contribution in [1.82, 2.24) is 20.2 Å². The number of rotatable bonds is 26. The maximum atomic E-state index is 12.7. The number of aliphatic hydroxyl groups excluding tert-OH is 1. The summed E-state index contributed by atoms with van der Waals surface area (Å²) in [6, 6.07) is 8.67. The Balaban J connectivity index is 0.00000645. The van der Waals surface area contributed by atoms with Crippen LogP contribution in [0.25, 0.3) is 0 Å². The van der Waals surface area contributed by atoms with E-state index in [2.05, 4.69) is 40.5 Å². The quantitative estimate of drug-likeness (QED) is 0.00947. The zero-order valence-electron chi connectivity index (χ0n) is 49.4. The van der Waals surface area contributed by atoms with Gasteiger partial charge in [0.05, 0.1) is 34.5 Å². The third kappa shape index (κ3) is 22.0. The smallest absolute Gasteiger partial charge is 0.756 e. The van der Waals surface area contributed by atoms with Crippen molar-refractivity contribution in [3.05, 3.63) is 116 Å². The first kappa shape index (κ1) is 79.9. The molecule has 1 aromatic heterocycles. The number of amides is 2. The van der Waals surface area contributed by atoms with Gasteiger partial charge in [-0.2, -0.15) is 4.58 Å². The molecule has 87 heavy (non-hydrogen) atoms. The van der Waals surface area contributed by atoms with Gasteiger partial charge in [0, 0.05) is 73.1 Å². The SMILES string of the molecule is C[N+]1=C(/C=C/C=C/C=C2/N(CCCCCC(=O)NCCCCCC(=O)NCC#Cc3cn([C@H]4C[C@@H](O)[C@@H](COP(=O)([O-])OP(=O)([O-])OP(=O)([O-])O)O4)c(=O)[nH]c3=O)c3ccc(S(=O)(=O)[O-])cc3C2(C)C)C(C)(C)c2cc(S(=O)(=O)[O-])ccc21.[Li+].[Li+].[Li+].[Li+]. The van der Waals surface area contributed by atoms with Gasteiger partial charge in [-0.3, -0.25) is 37.6 Å². The largest absolute Gasteiger partial charge is 1.00 e. The van der Waals surface area contributed by atoms with Crippen LogP contribution in [0, 0.1) is 11.8 Å². The fraction of sp³-hybridized carbons (Fsp3) is 0.460. The first-order valence-corrected chi connectivity index (χ1v) is 32.8. The minimum atomic E-state index is -6.18. The van der Waals surface area contributed by atoms with E-state index in [-0.39, 0.29) is 128 Å². The van der Waals surface area contributed by atoms with E-state index in [0.29, 0.717) is 62.7 Å². The number of aliphatic hydroxyl groups is 1. The summed E-state index contributed by atoms with van der Waals surface area (Å²) in [5.74, 6) is 4.60. The van der Waals surface area contributed by atoms with E-state index in [1.165, 1.54) is 24.3 Å². The monoisotopic (exact) mass is 1280 g/mol. The number of hydrogen-bond donors (Lipinski definition) is 5. The molecular formula is C50H61Li4N6O22P3S2. The molecule has 0 spiro atoms. The van der Waals surface area contributed by atoms with Gasteiger partial charge in [-0.25, -0.2) is 30.3 Å². The number of fused-ring (bicyclic) bond motifs is 2. The summed E-state index contributed by atoms with van der Waals surface area (Å²) in [4.78, 5) is 96.1. The van der Waals surface area contributed by atoms with Crippen molar-refractivity contribution in [3.8, 4) is 11.8 Å². The molecular weight excluding hydrogens is 1220 g/mol. The van der Waals surface area contributed by atoms with Crippen LogP contribution in [0.15, 0.2) is 98.1 Å². The third-order valence-electron chi connectivity index (χ3n) is 13.7. The van der Waals surface area contributed by atoms with Crippen molar-refractivity contribution in [1.29, 1.82) is 0 Å². The number of carbonyl (C=O) groups excluding carboxylic acids is 2. The normalized spacial score (nSPS) is 20.1. The number of nitrogens with zero attached hydrogens (tertiary/aromatic N) is 3. The predicted octanol–water partition coefficient (Wildman–Crippen LogP) is -10.3. The average molecular weight is 1280 g/mol. The van der Waals surface area contributed by atoms with Crippen LogP contribution in [0.2, 0.25) is 0 Å². The van der Waals surface area contributed by atoms with Crippen LogP contribution >= 0.6 is 23.5 Å². The van der Waals surface area contributed by atoms with E-state index in [1.807, 2.05) is 74.7 Å². The van der Waals surface area contributed by atoms with Gasteiger partial charge < -0.3 is 58.6 Å². The van der Waals surface area contributed by atoms with E-state index >= 15 is 0 Å². The molecule has 37 heteroatoms. The van der Waals surface area contributed by atoms with Gasteiger partial charge in [0.2, 0.25) is 17.5 Å². The molecule has 28 nitrogen and oxygen atoms in total. The Morgan fingerprint density at radius 2 is 1.43 bits per heavy atom. The molecule has 0 bridgehead atoms. The van der Waals surface area contributed by atoms with Crippen molar-refractivity contribution in [3.63, 3.8) is 0 Å². The zero-order valence-corrected chi connectivity index (χ0v) is 53.7. The summed E-state index contributed by atoms with van der Waals surface area (Å²) in [5, 5.41) is 15.8. The molecule has 3 aromatic rings. The number of allylic oxidation sites excluding steroid dienone is 6. The predicted molar refractivity (Wildman–Crippen MR) is 288 cm³/mol. The molecule has 454 valence electrons. The molecule has 1 saturated heterocycles. The van der Waals surface area contributed by atoms with Gasteiger partial charge >= 0.3 is 81.1 Å². The van der Waals surface area contributed by atoms with Gasteiger partial charge in [0.25, 0.3) is 29.0 Å². The number of phosphoric ester groups is 1. The Hall–Kier alpha value is -3.15. The first-order chi connectivity index (χ1) is 38.5. The van der Waals surface area contributed by atoms with Gasteiger partial charge in [0.15, 0.2) is 5.71 Å². The van der Waals surface area contributed by atoms with Gasteiger partial charge in [-0.15, -0.1) is 0 Å². The second-order valence-electron chi connectivity index (χ2n) is 20.4. The van der Waals surface area contributed by atoms with E-state index in [0.717, 1.165) is 33.5 Å². The van der Waals surface area contributed by atoms with Crippen LogP contribution in [0.3, 0.4) is 0 Å². The van der Waals surface area contributed by atoms with Crippen LogP contribution in [-0.4, -0.2) is 113 Å². The molecule has 2 amide bonds.